The molecule has 2 atom stereocenters. The van der Waals surface area contributed by atoms with Crippen LogP contribution in [0.15, 0.2) is 12.3 Å². The molecule has 0 spiro atoms. The third-order valence-electron chi connectivity index (χ3n) is 2.21. The highest BCUT2D eigenvalue weighted by atomic mass is 79.9. The van der Waals surface area contributed by atoms with Crippen molar-refractivity contribution in [2.45, 2.75) is 25.6 Å². The van der Waals surface area contributed by atoms with E-state index in [1.807, 2.05) is 6.92 Å². The zero-order chi connectivity index (χ0) is 11.4. The van der Waals surface area contributed by atoms with Crippen molar-refractivity contribution in [2.24, 2.45) is 0 Å². The molecule has 0 aliphatic heterocycles. The zero-order valence-corrected chi connectivity index (χ0v) is 10.7. The van der Waals surface area contributed by atoms with Crippen LogP contribution in [-0.2, 0) is 0 Å². The minimum absolute atomic E-state index is 0.387. The molecule has 1 rings (SSSR count). The van der Waals surface area contributed by atoms with Crippen LogP contribution in [0.3, 0.4) is 0 Å². The average molecular weight is 295 g/mol. The van der Waals surface area contributed by atoms with E-state index in [0.717, 1.165) is 5.56 Å². The molecule has 0 saturated heterocycles. The molecular formula is C10H13BrClNO2. The highest BCUT2D eigenvalue weighted by Crippen LogP contribution is 2.23. The summed E-state index contributed by atoms with van der Waals surface area (Å²) in [4.78, 5) is 3.89. The first-order chi connectivity index (χ1) is 7.06. The Labute approximate surface area is 102 Å². The van der Waals surface area contributed by atoms with Gasteiger partial charge in [0.1, 0.15) is 11.3 Å². The van der Waals surface area contributed by atoms with Crippen molar-refractivity contribution in [3.8, 4) is 0 Å². The number of aromatic nitrogens is 1. The maximum Gasteiger partial charge on any atom is 0.129 e. The van der Waals surface area contributed by atoms with Gasteiger partial charge in [0, 0.05) is 17.1 Å². The van der Waals surface area contributed by atoms with Gasteiger partial charge in [0.25, 0.3) is 0 Å². The molecule has 0 amide bonds. The van der Waals surface area contributed by atoms with Gasteiger partial charge in [0.2, 0.25) is 0 Å². The standard InChI is InChI=1S/C10H13BrClNO2/c1-6-4-9(12)13-5-7(6)10(15)8(14)2-3-11/h4-5,8,10,14-15H,2-3H2,1H3. The van der Waals surface area contributed by atoms with Crippen LogP contribution >= 0.6 is 27.5 Å². The topological polar surface area (TPSA) is 53.4 Å². The van der Waals surface area contributed by atoms with Crippen LogP contribution in [0, 0.1) is 6.92 Å². The van der Waals surface area contributed by atoms with Crippen molar-refractivity contribution < 1.29 is 10.2 Å². The normalized spacial score (nSPS) is 15.0. The molecule has 1 aromatic heterocycles. The molecule has 1 heterocycles. The number of halogens is 2. The molecule has 0 saturated carbocycles. The van der Waals surface area contributed by atoms with E-state index < -0.39 is 12.2 Å². The molecule has 0 radical (unpaired) electrons. The second-order valence-corrected chi connectivity index (χ2v) is 4.53. The predicted octanol–water partition coefficient (Wildman–Crippen LogP) is 2.22. The number of hydrogen-bond donors (Lipinski definition) is 2. The van der Waals surface area contributed by atoms with E-state index in [9.17, 15) is 10.2 Å². The van der Waals surface area contributed by atoms with Crippen LogP contribution in [0.4, 0.5) is 0 Å². The number of nitrogens with zero attached hydrogens (tertiary/aromatic N) is 1. The van der Waals surface area contributed by atoms with Crippen molar-refractivity contribution in [1.29, 1.82) is 0 Å². The van der Waals surface area contributed by atoms with E-state index in [4.69, 9.17) is 11.6 Å². The second kappa shape index (κ2) is 5.80. The van der Waals surface area contributed by atoms with Crippen molar-refractivity contribution in [1.82, 2.24) is 4.98 Å². The Morgan fingerprint density at radius 3 is 2.73 bits per heavy atom. The smallest absolute Gasteiger partial charge is 0.129 e. The lowest BCUT2D eigenvalue weighted by molar-refractivity contribution is 0.0168. The van der Waals surface area contributed by atoms with Gasteiger partial charge >= 0.3 is 0 Å². The summed E-state index contributed by atoms with van der Waals surface area (Å²) in [5.41, 5.74) is 1.45. The van der Waals surface area contributed by atoms with Crippen molar-refractivity contribution in [3.05, 3.63) is 28.5 Å². The first-order valence-electron chi connectivity index (χ1n) is 4.60. The number of aliphatic hydroxyl groups is 2. The maximum absolute atomic E-state index is 9.84. The molecule has 3 nitrogen and oxygen atoms in total. The van der Waals surface area contributed by atoms with E-state index >= 15 is 0 Å². The molecule has 2 N–H and O–H groups in total. The Bertz CT molecular complexity index is 335. The third kappa shape index (κ3) is 3.41. The number of pyridine rings is 1. The lowest BCUT2D eigenvalue weighted by Crippen LogP contribution is -2.19. The van der Waals surface area contributed by atoms with Crippen LogP contribution in [0.25, 0.3) is 0 Å². The molecule has 2 unspecified atom stereocenters. The van der Waals surface area contributed by atoms with E-state index in [0.29, 0.717) is 22.5 Å². The minimum Gasteiger partial charge on any atom is -0.390 e. The zero-order valence-electron chi connectivity index (χ0n) is 8.32. The third-order valence-corrected chi connectivity index (χ3v) is 2.87. The molecule has 0 aromatic carbocycles. The van der Waals surface area contributed by atoms with Gasteiger partial charge < -0.3 is 10.2 Å². The highest BCUT2D eigenvalue weighted by Gasteiger charge is 2.19. The Morgan fingerprint density at radius 1 is 1.53 bits per heavy atom. The molecular weight excluding hydrogens is 281 g/mol. The maximum atomic E-state index is 9.84. The van der Waals surface area contributed by atoms with Gasteiger partial charge in [-0.3, -0.25) is 0 Å². The quantitative estimate of drug-likeness (QED) is 0.661. The summed E-state index contributed by atoms with van der Waals surface area (Å²) >= 11 is 8.91. The lowest BCUT2D eigenvalue weighted by atomic mass is 10.0. The van der Waals surface area contributed by atoms with Gasteiger partial charge in [0.15, 0.2) is 0 Å². The molecule has 0 aliphatic carbocycles. The van der Waals surface area contributed by atoms with Crippen LogP contribution in [0.1, 0.15) is 23.7 Å². The van der Waals surface area contributed by atoms with Crippen LogP contribution in [0.2, 0.25) is 5.15 Å². The summed E-state index contributed by atoms with van der Waals surface area (Å²) < 4.78 is 0. The summed E-state index contributed by atoms with van der Waals surface area (Å²) in [6, 6.07) is 1.67. The number of hydrogen-bond acceptors (Lipinski definition) is 3. The highest BCUT2D eigenvalue weighted by molar-refractivity contribution is 9.09. The molecule has 0 bridgehead atoms. The van der Waals surface area contributed by atoms with E-state index in [2.05, 4.69) is 20.9 Å². The largest absolute Gasteiger partial charge is 0.390 e. The first kappa shape index (κ1) is 12.9. The summed E-state index contributed by atoms with van der Waals surface area (Å²) in [6.45, 7) is 1.83. The fourth-order valence-electron chi connectivity index (χ4n) is 1.32. The fraction of sp³-hybridized carbons (Fsp3) is 0.500. The SMILES string of the molecule is Cc1cc(Cl)ncc1C(O)C(O)CCBr. The second-order valence-electron chi connectivity index (χ2n) is 3.35. The van der Waals surface area contributed by atoms with E-state index in [1.54, 1.807) is 6.07 Å². The van der Waals surface area contributed by atoms with E-state index in [-0.39, 0.29) is 0 Å². The Hall–Kier alpha value is -0.160. The van der Waals surface area contributed by atoms with Gasteiger partial charge in [-0.15, -0.1) is 0 Å². The minimum atomic E-state index is -0.910. The van der Waals surface area contributed by atoms with Crippen LogP contribution in [0.5, 0.6) is 0 Å². The van der Waals surface area contributed by atoms with Gasteiger partial charge in [0.05, 0.1) is 6.10 Å². The summed E-state index contributed by atoms with van der Waals surface area (Å²) in [6.07, 6.45) is 0.293. The van der Waals surface area contributed by atoms with Crippen LogP contribution < -0.4 is 0 Å². The number of rotatable bonds is 4. The van der Waals surface area contributed by atoms with E-state index in [1.165, 1.54) is 6.20 Å². The van der Waals surface area contributed by atoms with Gasteiger partial charge in [-0.2, -0.15) is 0 Å². The average Bonchev–Trinajstić information content (AvgIpc) is 2.17. The lowest BCUT2D eigenvalue weighted by Gasteiger charge is -2.18. The molecule has 0 aliphatic rings. The summed E-state index contributed by atoms with van der Waals surface area (Å²) in [7, 11) is 0. The Morgan fingerprint density at radius 2 is 2.20 bits per heavy atom. The predicted molar refractivity (Wildman–Crippen MR) is 63.4 cm³/mol. The molecule has 1 aromatic rings. The van der Waals surface area contributed by atoms with Gasteiger partial charge in [-0.1, -0.05) is 27.5 Å². The number of aliphatic hydroxyl groups excluding tert-OH is 2. The number of alkyl halides is 1. The molecule has 15 heavy (non-hydrogen) atoms. The van der Waals surface area contributed by atoms with Crippen molar-refractivity contribution in [3.63, 3.8) is 0 Å². The Kier molecular flexibility index (Phi) is 4.99. The van der Waals surface area contributed by atoms with Crippen molar-refractivity contribution >= 4 is 27.5 Å². The Balaban J connectivity index is 2.86. The van der Waals surface area contributed by atoms with Crippen LogP contribution in [-0.4, -0.2) is 26.6 Å². The molecule has 84 valence electrons. The van der Waals surface area contributed by atoms with Gasteiger partial charge in [-0.25, -0.2) is 4.98 Å². The summed E-state index contributed by atoms with van der Waals surface area (Å²) in [5.74, 6) is 0. The van der Waals surface area contributed by atoms with Crippen molar-refractivity contribution in [2.75, 3.05) is 5.33 Å². The fourth-order valence-corrected chi connectivity index (χ4v) is 2.00. The van der Waals surface area contributed by atoms with Gasteiger partial charge in [-0.05, 0) is 25.0 Å². The first-order valence-corrected chi connectivity index (χ1v) is 6.10. The number of aryl methyl sites for hydroxylation is 1. The summed E-state index contributed by atoms with van der Waals surface area (Å²) in [5, 5.41) is 20.5. The molecule has 0 fully saturated rings. The monoisotopic (exact) mass is 293 g/mol. The molecule has 5 heteroatoms.